The molecule has 0 bridgehead atoms. The highest BCUT2D eigenvalue weighted by Gasteiger charge is 2.10. The zero-order valence-electron chi connectivity index (χ0n) is 14.5. The van der Waals surface area contributed by atoms with Crippen LogP contribution >= 0.6 is 23.2 Å². The lowest BCUT2D eigenvalue weighted by atomic mass is 10.1. The number of hydrazone groups is 1. The first-order chi connectivity index (χ1) is 13.5. The van der Waals surface area contributed by atoms with Crippen LogP contribution in [0.4, 0.5) is 5.69 Å². The molecule has 0 fully saturated rings. The summed E-state index contributed by atoms with van der Waals surface area (Å²) in [7, 11) is 0. The van der Waals surface area contributed by atoms with E-state index in [4.69, 9.17) is 23.2 Å². The number of benzene rings is 3. The second kappa shape index (κ2) is 9.17. The summed E-state index contributed by atoms with van der Waals surface area (Å²) in [5.41, 5.74) is 4.44. The fraction of sp³-hybridized carbons (Fsp3) is 0. The molecule has 0 radical (unpaired) electrons. The van der Waals surface area contributed by atoms with E-state index in [9.17, 15) is 9.59 Å². The van der Waals surface area contributed by atoms with Gasteiger partial charge in [-0.1, -0.05) is 53.5 Å². The minimum absolute atomic E-state index is 0.327. The fourth-order valence-electron chi connectivity index (χ4n) is 2.35. The van der Waals surface area contributed by atoms with Gasteiger partial charge >= 0.3 is 0 Å². The van der Waals surface area contributed by atoms with E-state index in [1.165, 1.54) is 6.21 Å². The minimum atomic E-state index is -0.382. The fourth-order valence-corrected chi connectivity index (χ4v) is 2.76. The Hall–Kier alpha value is -3.15. The monoisotopic (exact) mass is 411 g/mol. The predicted octanol–water partition coefficient (Wildman–Crippen LogP) is 5.01. The number of nitrogens with zero attached hydrogens (tertiary/aromatic N) is 1. The van der Waals surface area contributed by atoms with Crippen LogP contribution in [0.1, 0.15) is 26.3 Å². The van der Waals surface area contributed by atoms with Crippen molar-refractivity contribution >= 4 is 46.9 Å². The van der Waals surface area contributed by atoms with Crippen molar-refractivity contribution in [2.45, 2.75) is 0 Å². The molecule has 0 heterocycles. The minimum Gasteiger partial charge on any atom is -0.322 e. The Kier molecular flexibility index (Phi) is 6.42. The van der Waals surface area contributed by atoms with Crippen molar-refractivity contribution in [1.82, 2.24) is 5.43 Å². The topological polar surface area (TPSA) is 70.6 Å². The third-order valence-corrected chi connectivity index (χ3v) is 4.47. The molecule has 2 amide bonds. The maximum absolute atomic E-state index is 12.3. The highest BCUT2D eigenvalue weighted by Crippen LogP contribution is 2.17. The summed E-state index contributed by atoms with van der Waals surface area (Å²) in [6, 6.07) is 20.3. The second-order valence-corrected chi connectivity index (χ2v) is 6.55. The average Bonchev–Trinajstić information content (AvgIpc) is 2.70. The summed E-state index contributed by atoms with van der Waals surface area (Å²) < 4.78 is 0. The van der Waals surface area contributed by atoms with Crippen molar-refractivity contribution in [3.05, 3.63) is 99.5 Å². The lowest BCUT2D eigenvalue weighted by Gasteiger charge is -2.07. The van der Waals surface area contributed by atoms with Gasteiger partial charge in [-0.25, -0.2) is 5.43 Å². The molecule has 0 unspecified atom stereocenters. The van der Waals surface area contributed by atoms with E-state index in [0.29, 0.717) is 32.4 Å². The standard InChI is InChI=1S/C21H15Cl2N3O2/c22-18-7-3-1-5-15(18)13-24-26-20(27)14-9-11-16(12-10-14)25-21(28)17-6-2-4-8-19(17)23/h1-13H,(H,25,28)(H,26,27)/b24-13+. The Balaban J connectivity index is 1.61. The number of anilines is 1. The zero-order valence-corrected chi connectivity index (χ0v) is 16.0. The summed E-state index contributed by atoms with van der Waals surface area (Å²) in [5.74, 6) is -0.709. The Bertz CT molecular complexity index is 1030. The molecule has 7 heteroatoms. The maximum Gasteiger partial charge on any atom is 0.271 e. The highest BCUT2D eigenvalue weighted by molar-refractivity contribution is 6.34. The van der Waals surface area contributed by atoms with Gasteiger partial charge in [0.2, 0.25) is 0 Å². The van der Waals surface area contributed by atoms with E-state index in [2.05, 4.69) is 15.8 Å². The Morgan fingerprint density at radius 1 is 0.786 bits per heavy atom. The molecule has 0 saturated carbocycles. The molecule has 0 aliphatic rings. The molecule has 0 saturated heterocycles. The van der Waals surface area contributed by atoms with Crippen LogP contribution in [0.15, 0.2) is 77.9 Å². The first kappa shape index (κ1) is 19.6. The first-order valence-electron chi connectivity index (χ1n) is 8.28. The molecular formula is C21H15Cl2N3O2. The van der Waals surface area contributed by atoms with Gasteiger partial charge in [0, 0.05) is 21.8 Å². The lowest BCUT2D eigenvalue weighted by molar-refractivity contribution is 0.0954. The van der Waals surface area contributed by atoms with Crippen molar-refractivity contribution in [2.24, 2.45) is 5.10 Å². The van der Waals surface area contributed by atoms with Gasteiger partial charge < -0.3 is 5.32 Å². The largest absolute Gasteiger partial charge is 0.322 e. The molecule has 3 aromatic carbocycles. The van der Waals surface area contributed by atoms with Crippen LogP contribution in [-0.4, -0.2) is 18.0 Å². The first-order valence-corrected chi connectivity index (χ1v) is 9.04. The number of carbonyl (C=O) groups is 2. The van der Waals surface area contributed by atoms with E-state index in [1.807, 2.05) is 12.1 Å². The van der Waals surface area contributed by atoms with Crippen LogP contribution in [0.3, 0.4) is 0 Å². The molecule has 140 valence electrons. The molecule has 2 N–H and O–H groups in total. The van der Waals surface area contributed by atoms with Crippen LogP contribution in [0, 0.1) is 0 Å². The summed E-state index contributed by atoms with van der Waals surface area (Å²) in [4.78, 5) is 24.4. The quantitative estimate of drug-likeness (QED) is 0.457. The molecule has 0 aliphatic carbocycles. The molecular weight excluding hydrogens is 397 g/mol. The lowest BCUT2D eigenvalue weighted by Crippen LogP contribution is -2.18. The van der Waals surface area contributed by atoms with Crippen LogP contribution in [0.25, 0.3) is 0 Å². The van der Waals surface area contributed by atoms with E-state index in [1.54, 1.807) is 60.7 Å². The van der Waals surface area contributed by atoms with Crippen molar-refractivity contribution in [2.75, 3.05) is 5.32 Å². The number of amides is 2. The molecule has 0 atom stereocenters. The van der Waals surface area contributed by atoms with Gasteiger partial charge in [-0.05, 0) is 42.5 Å². The van der Waals surface area contributed by atoms with Crippen molar-refractivity contribution in [3.63, 3.8) is 0 Å². The third-order valence-electron chi connectivity index (χ3n) is 3.80. The SMILES string of the molecule is O=C(N/N=C/c1ccccc1Cl)c1ccc(NC(=O)c2ccccc2Cl)cc1. The third kappa shape index (κ3) is 4.97. The molecule has 0 spiro atoms. The smallest absolute Gasteiger partial charge is 0.271 e. The summed E-state index contributed by atoms with van der Waals surface area (Å²) >= 11 is 12.0. The Morgan fingerprint density at radius 3 is 2.11 bits per heavy atom. The summed E-state index contributed by atoms with van der Waals surface area (Å²) in [6.07, 6.45) is 1.47. The number of hydrogen-bond acceptors (Lipinski definition) is 3. The van der Waals surface area contributed by atoms with Gasteiger partial charge in [0.15, 0.2) is 0 Å². The van der Waals surface area contributed by atoms with Crippen LogP contribution in [0.2, 0.25) is 10.0 Å². The van der Waals surface area contributed by atoms with Crippen molar-refractivity contribution < 1.29 is 9.59 Å². The average molecular weight is 412 g/mol. The van der Waals surface area contributed by atoms with Crippen molar-refractivity contribution in [3.8, 4) is 0 Å². The number of hydrogen-bond donors (Lipinski definition) is 2. The summed E-state index contributed by atoms with van der Waals surface area (Å²) in [5, 5.41) is 7.55. The second-order valence-electron chi connectivity index (χ2n) is 5.73. The van der Waals surface area contributed by atoms with E-state index < -0.39 is 0 Å². The predicted molar refractivity (Wildman–Crippen MR) is 112 cm³/mol. The van der Waals surface area contributed by atoms with Gasteiger partial charge in [-0.2, -0.15) is 5.10 Å². The van der Waals surface area contributed by atoms with Crippen LogP contribution in [0.5, 0.6) is 0 Å². The number of rotatable bonds is 5. The zero-order chi connectivity index (χ0) is 19.9. The van der Waals surface area contributed by atoms with Gasteiger partial charge in [0.05, 0.1) is 16.8 Å². The molecule has 5 nitrogen and oxygen atoms in total. The van der Waals surface area contributed by atoms with Gasteiger partial charge in [0.1, 0.15) is 0 Å². The normalized spacial score (nSPS) is 10.6. The van der Waals surface area contributed by atoms with Gasteiger partial charge in [-0.3, -0.25) is 9.59 Å². The van der Waals surface area contributed by atoms with Crippen LogP contribution < -0.4 is 10.7 Å². The molecule has 28 heavy (non-hydrogen) atoms. The van der Waals surface area contributed by atoms with Gasteiger partial charge in [-0.15, -0.1) is 0 Å². The maximum atomic E-state index is 12.3. The van der Waals surface area contributed by atoms with E-state index >= 15 is 0 Å². The number of carbonyl (C=O) groups excluding carboxylic acids is 2. The van der Waals surface area contributed by atoms with Gasteiger partial charge in [0.25, 0.3) is 11.8 Å². The Labute approximate surface area is 172 Å². The highest BCUT2D eigenvalue weighted by atomic mass is 35.5. The summed E-state index contributed by atoms with van der Waals surface area (Å²) in [6.45, 7) is 0. The number of halogens is 2. The molecule has 3 rings (SSSR count). The van der Waals surface area contributed by atoms with Crippen molar-refractivity contribution in [1.29, 1.82) is 0 Å². The van der Waals surface area contributed by atoms with Crippen LogP contribution in [-0.2, 0) is 0 Å². The van der Waals surface area contributed by atoms with E-state index in [-0.39, 0.29) is 11.8 Å². The van der Waals surface area contributed by atoms with E-state index in [0.717, 1.165) is 0 Å². The molecule has 3 aromatic rings. The molecule has 0 aromatic heterocycles. The molecule has 0 aliphatic heterocycles. The Morgan fingerprint density at radius 2 is 1.43 bits per heavy atom. The number of nitrogens with one attached hydrogen (secondary N) is 2.